The van der Waals surface area contributed by atoms with Crippen LogP contribution in [0.4, 0.5) is 30.0 Å². The summed E-state index contributed by atoms with van der Waals surface area (Å²) in [5.41, 5.74) is -4.04. The van der Waals surface area contributed by atoms with Crippen LogP contribution in [0.3, 0.4) is 0 Å². The summed E-state index contributed by atoms with van der Waals surface area (Å²) in [5, 5.41) is 23.6. The Kier molecular flexibility index (Phi) is 5.96. The molecule has 1 aromatic carbocycles. The molecule has 0 aliphatic heterocycles. The van der Waals surface area contributed by atoms with Gasteiger partial charge < -0.3 is 9.84 Å². The molecule has 1 aromatic heterocycles. The van der Waals surface area contributed by atoms with Crippen molar-refractivity contribution in [3.63, 3.8) is 0 Å². The number of hydrogen-bond acceptors (Lipinski definition) is 5. The van der Waals surface area contributed by atoms with Crippen molar-refractivity contribution in [3.8, 4) is 11.8 Å². The topological polar surface area (TPSA) is 117 Å². The van der Waals surface area contributed by atoms with E-state index >= 15 is 0 Å². The fraction of sp³-hybridized carbons (Fsp3) is 0.368. The van der Waals surface area contributed by atoms with Gasteiger partial charge in [-0.3, -0.25) is 10.1 Å². The quantitative estimate of drug-likeness (QED) is 0.241. The number of carboxylic acids is 1. The van der Waals surface area contributed by atoms with Crippen LogP contribution >= 0.6 is 56.6 Å². The SMILES string of the molecule is N#Cc1nn(-c2c(Cl)cc(S(F)(F)(F)(F)F)cc2Cl)c(NC(=O)OCC2CC2)c1C1(C(=O)O)CC1(Cl)Cl. The normalized spacial score (nSPS) is 22.4. The lowest BCUT2D eigenvalue weighted by Crippen LogP contribution is -2.29. The Morgan fingerprint density at radius 1 is 1.22 bits per heavy atom. The standard InChI is InChI=1S/C19H13Cl4F5N4O4S/c20-10-3-9(37(24,25,26,27)28)4-11(21)14(10)32-15(30-17(35)36-6-8-1-2-8)13(12(5-29)31-32)18(16(33)34)7-19(18,22)23/h3-4,8H,1-2,6-7H2,(H,30,35)(H,33,34). The first-order valence-corrected chi connectivity index (χ1v) is 13.5. The number of hydrogen-bond donors (Lipinski definition) is 2. The van der Waals surface area contributed by atoms with Crippen LogP contribution in [0.25, 0.3) is 5.69 Å². The molecular formula is C19H13Cl4F5N4O4S. The lowest BCUT2D eigenvalue weighted by molar-refractivity contribution is -0.140. The van der Waals surface area contributed by atoms with Gasteiger partial charge in [0.2, 0.25) is 0 Å². The van der Waals surface area contributed by atoms with Crippen LogP contribution in [0.15, 0.2) is 17.0 Å². The van der Waals surface area contributed by atoms with Crippen molar-refractivity contribution in [1.29, 1.82) is 5.26 Å². The minimum Gasteiger partial charge on any atom is -0.480 e. The summed E-state index contributed by atoms with van der Waals surface area (Å²) >= 11 is 24.0. The van der Waals surface area contributed by atoms with Crippen LogP contribution in [0, 0.1) is 17.2 Å². The highest BCUT2D eigenvalue weighted by atomic mass is 35.5. The Morgan fingerprint density at radius 3 is 2.16 bits per heavy atom. The van der Waals surface area contributed by atoms with Crippen LogP contribution in [-0.4, -0.2) is 37.9 Å². The Labute approximate surface area is 224 Å². The summed E-state index contributed by atoms with van der Waals surface area (Å²) in [6, 6.07) is 1.39. The van der Waals surface area contributed by atoms with Crippen LogP contribution in [0.5, 0.6) is 0 Å². The maximum absolute atomic E-state index is 13.4. The average molecular weight is 630 g/mol. The monoisotopic (exact) mass is 628 g/mol. The van der Waals surface area contributed by atoms with Gasteiger partial charge in [-0.1, -0.05) is 65.8 Å². The minimum atomic E-state index is -10.2. The van der Waals surface area contributed by atoms with Gasteiger partial charge in [-0.05, 0) is 30.9 Å². The zero-order chi connectivity index (χ0) is 27.8. The molecule has 2 aromatic rings. The number of carbonyl (C=O) groups is 2. The van der Waals surface area contributed by atoms with E-state index < -0.39 is 76.2 Å². The number of rotatable bonds is 7. The zero-order valence-corrected chi connectivity index (χ0v) is 21.7. The maximum atomic E-state index is 13.4. The molecule has 1 atom stereocenters. The molecule has 0 radical (unpaired) electrons. The minimum absolute atomic E-state index is 0.000448. The highest BCUT2D eigenvalue weighted by Crippen LogP contribution is 3.02. The van der Waals surface area contributed by atoms with Crippen molar-refractivity contribution in [2.75, 3.05) is 11.9 Å². The van der Waals surface area contributed by atoms with Gasteiger partial charge in [-0.25, -0.2) is 9.48 Å². The molecule has 202 valence electrons. The Bertz CT molecular complexity index is 1390. The number of aliphatic carboxylic acids is 1. The number of aromatic nitrogens is 2. The Hall–Kier alpha value is -2.18. The van der Waals surface area contributed by atoms with Crippen molar-refractivity contribution in [2.24, 2.45) is 5.92 Å². The number of amides is 1. The summed E-state index contributed by atoms with van der Waals surface area (Å²) in [6.07, 6.45) is 0.0181. The van der Waals surface area contributed by atoms with Crippen molar-refractivity contribution < 1.29 is 38.9 Å². The van der Waals surface area contributed by atoms with Crippen molar-refractivity contribution >= 4 is 74.5 Å². The predicted octanol–water partition coefficient (Wildman–Crippen LogP) is 7.57. The van der Waals surface area contributed by atoms with E-state index in [1.165, 1.54) is 0 Å². The van der Waals surface area contributed by atoms with E-state index in [0.717, 1.165) is 12.8 Å². The van der Waals surface area contributed by atoms with Gasteiger partial charge >= 0.3 is 22.3 Å². The number of carbonyl (C=O) groups excluding carboxylic acids is 1. The van der Waals surface area contributed by atoms with E-state index in [-0.39, 0.29) is 24.7 Å². The molecule has 0 saturated heterocycles. The van der Waals surface area contributed by atoms with Crippen LogP contribution in [0.1, 0.15) is 30.5 Å². The number of carboxylic acid groups (broad SMARTS) is 1. The molecule has 2 aliphatic carbocycles. The number of nitrogens with one attached hydrogen (secondary N) is 1. The van der Waals surface area contributed by atoms with E-state index in [1.54, 1.807) is 6.07 Å². The summed E-state index contributed by atoms with van der Waals surface area (Å²) in [6.45, 7) is -0.000448. The van der Waals surface area contributed by atoms with E-state index in [2.05, 4.69) is 10.4 Å². The molecule has 1 unspecified atom stereocenters. The Balaban J connectivity index is 1.94. The van der Waals surface area contributed by atoms with E-state index in [4.69, 9.17) is 51.1 Å². The van der Waals surface area contributed by atoms with Gasteiger partial charge in [0.15, 0.2) is 5.69 Å². The number of alkyl halides is 2. The van der Waals surface area contributed by atoms with Crippen molar-refractivity contribution in [3.05, 3.63) is 33.4 Å². The van der Waals surface area contributed by atoms with E-state index in [0.29, 0.717) is 4.68 Å². The molecule has 0 bridgehead atoms. The maximum Gasteiger partial charge on any atom is 0.412 e. The number of ether oxygens (including phenoxy) is 1. The molecule has 2 N–H and O–H groups in total. The number of halogens is 9. The number of anilines is 1. The second kappa shape index (κ2) is 7.92. The number of benzene rings is 1. The smallest absolute Gasteiger partial charge is 0.412 e. The highest BCUT2D eigenvalue weighted by Gasteiger charge is 2.75. The van der Waals surface area contributed by atoms with Crippen LogP contribution < -0.4 is 5.32 Å². The summed E-state index contributed by atoms with van der Waals surface area (Å²) < 4.78 is 70.4. The van der Waals surface area contributed by atoms with Gasteiger partial charge in [0.25, 0.3) is 0 Å². The first-order chi connectivity index (χ1) is 16.7. The van der Waals surface area contributed by atoms with E-state index in [1.807, 2.05) is 0 Å². The largest absolute Gasteiger partial charge is 0.480 e. The lowest BCUT2D eigenvalue weighted by atomic mass is 9.95. The fourth-order valence-electron chi connectivity index (χ4n) is 3.66. The molecule has 37 heavy (non-hydrogen) atoms. The third-order valence-electron chi connectivity index (χ3n) is 5.78. The number of nitrogens with zero attached hydrogens (tertiary/aromatic N) is 3. The summed E-state index contributed by atoms with van der Waals surface area (Å²) in [7, 11) is -10.2. The van der Waals surface area contributed by atoms with E-state index in [9.17, 15) is 39.4 Å². The third kappa shape index (κ3) is 4.99. The van der Waals surface area contributed by atoms with Gasteiger partial charge in [-0.2, -0.15) is 10.4 Å². The predicted molar refractivity (Wildman–Crippen MR) is 126 cm³/mol. The molecule has 18 heteroatoms. The first-order valence-electron chi connectivity index (χ1n) is 10.0. The zero-order valence-electron chi connectivity index (χ0n) is 17.9. The molecule has 1 heterocycles. The Morgan fingerprint density at radius 2 is 1.76 bits per heavy atom. The molecule has 2 aliphatic rings. The van der Waals surface area contributed by atoms with Crippen LogP contribution in [-0.2, 0) is 14.9 Å². The molecule has 8 nitrogen and oxygen atoms in total. The fourth-order valence-corrected chi connectivity index (χ4v) is 5.86. The van der Waals surface area contributed by atoms with Crippen molar-refractivity contribution in [1.82, 2.24) is 9.78 Å². The second-order valence-electron chi connectivity index (χ2n) is 8.56. The average Bonchev–Trinajstić information content (AvgIpc) is 3.62. The van der Waals surface area contributed by atoms with Crippen molar-refractivity contribution in [2.45, 2.75) is 33.9 Å². The van der Waals surface area contributed by atoms with Gasteiger partial charge in [0.05, 0.1) is 22.2 Å². The summed E-state index contributed by atoms with van der Waals surface area (Å²) in [5.74, 6) is -2.12. The number of nitriles is 1. The first kappa shape index (κ1) is 27.8. The molecule has 0 spiro atoms. The molecule has 2 saturated carbocycles. The van der Waals surface area contributed by atoms with Gasteiger partial charge in [0, 0.05) is 6.42 Å². The van der Waals surface area contributed by atoms with Gasteiger partial charge in [0.1, 0.15) is 32.2 Å². The van der Waals surface area contributed by atoms with Gasteiger partial charge in [-0.15, -0.1) is 0 Å². The lowest BCUT2D eigenvalue weighted by Gasteiger charge is -2.40. The molecule has 1 amide bonds. The highest BCUT2D eigenvalue weighted by molar-refractivity contribution is 8.45. The third-order valence-corrected chi connectivity index (χ3v) is 8.40. The second-order valence-corrected chi connectivity index (χ2v) is 13.3. The summed E-state index contributed by atoms with van der Waals surface area (Å²) in [4.78, 5) is 22.3. The van der Waals surface area contributed by atoms with Crippen LogP contribution in [0.2, 0.25) is 10.0 Å². The molecular weight excluding hydrogens is 617 g/mol. The molecule has 2 fully saturated rings. The molecule has 4 rings (SSSR count).